The van der Waals surface area contributed by atoms with Crippen molar-refractivity contribution in [1.29, 1.82) is 0 Å². The van der Waals surface area contributed by atoms with Crippen molar-refractivity contribution in [3.63, 3.8) is 0 Å². The number of anilines is 1. The quantitative estimate of drug-likeness (QED) is 0.741. The Morgan fingerprint density at radius 2 is 2.06 bits per heavy atom. The van der Waals surface area contributed by atoms with E-state index in [1.54, 1.807) is 0 Å². The molecule has 0 amide bonds. The topological polar surface area (TPSA) is 23.5 Å². The molecular formula is C13H18NOY-. The van der Waals surface area contributed by atoms with Gasteiger partial charge < -0.3 is 10.0 Å². The molecule has 1 radical (unpaired) electrons. The minimum Gasteiger partial charge on any atom is -0.391 e. The summed E-state index contributed by atoms with van der Waals surface area (Å²) >= 11 is 0. The minimum absolute atomic E-state index is 0. The predicted molar refractivity (Wildman–Crippen MR) is 62.2 cm³/mol. The van der Waals surface area contributed by atoms with Crippen LogP contribution in [0.5, 0.6) is 0 Å². The van der Waals surface area contributed by atoms with E-state index in [1.807, 2.05) is 19.2 Å². The second kappa shape index (κ2) is 4.76. The van der Waals surface area contributed by atoms with Crippen LogP contribution in [0.25, 0.3) is 0 Å². The molecule has 0 bridgehead atoms. The number of likely N-dealkylation sites (N-methyl/N-ethyl adjacent to an activating group) is 1. The Labute approximate surface area is 123 Å². The third-order valence-electron chi connectivity index (χ3n) is 3.79. The molecular weight excluding hydrogens is 275 g/mol. The molecule has 85 valence electrons. The number of hydrogen-bond acceptors (Lipinski definition) is 2. The van der Waals surface area contributed by atoms with Gasteiger partial charge in [-0.25, -0.2) is 0 Å². The molecule has 1 aliphatic heterocycles. The maximum atomic E-state index is 10.3. The van der Waals surface area contributed by atoms with E-state index in [-0.39, 0.29) is 50.3 Å². The zero-order valence-corrected chi connectivity index (χ0v) is 13.2. The van der Waals surface area contributed by atoms with Gasteiger partial charge in [0.2, 0.25) is 0 Å². The molecule has 0 fully saturated rings. The van der Waals surface area contributed by atoms with Crippen molar-refractivity contribution in [3.8, 4) is 0 Å². The largest absolute Gasteiger partial charge is 0.391 e. The summed E-state index contributed by atoms with van der Waals surface area (Å²) in [7, 11) is 2.04. The van der Waals surface area contributed by atoms with Crippen LogP contribution in [0.4, 0.5) is 5.69 Å². The third-order valence-corrected chi connectivity index (χ3v) is 3.79. The first-order valence-corrected chi connectivity index (χ1v) is 5.38. The minimum atomic E-state index is -0.342. The van der Waals surface area contributed by atoms with Gasteiger partial charge in [-0.05, 0) is 19.8 Å². The number of aliphatic hydroxyl groups is 1. The van der Waals surface area contributed by atoms with Gasteiger partial charge in [-0.2, -0.15) is 18.2 Å². The number of nitrogens with zero attached hydrogens (tertiary/aromatic N) is 1. The van der Waals surface area contributed by atoms with Gasteiger partial charge in [-0.15, -0.1) is 11.6 Å². The molecule has 1 N–H and O–H groups in total. The molecule has 1 aromatic rings. The Morgan fingerprint density at radius 3 is 2.69 bits per heavy atom. The summed E-state index contributed by atoms with van der Waals surface area (Å²) in [6.07, 6.45) is -0.342. The average Bonchev–Trinajstić information content (AvgIpc) is 2.24. The molecule has 0 saturated heterocycles. The molecule has 2 rings (SSSR count). The van der Waals surface area contributed by atoms with Crippen LogP contribution in [0.1, 0.15) is 32.3 Å². The van der Waals surface area contributed by atoms with E-state index in [0.717, 1.165) is 0 Å². The first kappa shape index (κ1) is 14.1. The smallest absolute Gasteiger partial charge is 0.0727 e. The zero-order chi connectivity index (χ0) is 11.2. The molecule has 2 atom stereocenters. The average molecular weight is 293 g/mol. The Hall–Kier alpha value is 0.0839. The molecule has 2 nitrogen and oxygen atoms in total. The van der Waals surface area contributed by atoms with Crippen LogP contribution in [-0.4, -0.2) is 23.8 Å². The number of benzene rings is 1. The maximum absolute atomic E-state index is 10.3. The van der Waals surface area contributed by atoms with Crippen LogP contribution >= 0.6 is 0 Å². The van der Waals surface area contributed by atoms with E-state index < -0.39 is 0 Å². The van der Waals surface area contributed by atoms with Gasteiger partial charge in [-0.1, -0.05) is 12.6 Å². The third kappa shape index (κ3) is 1.96. The number of aliphatic hydroxyl groups excluding tert-OH is 1. The Kier molecular flexibility index (Phi) is 4.20. The Morgan fingerprint density at radius 1 is 1.44 bits per heavy atom. The van der Waals surface area contributed by atoms with E-state index >= 15 is 0 Å². The van der Waals surface area contributed by atoms with Crippen molar-refractivity contribution in [2.24, 2.45) is 0 Å². The predicted octanol–water partition coefficient (Wildman–Crippen LogP) is 2.18. The van der Waals surface area contributed by atoms with Crippen molar-refractivity contribution in [3.05, 3.63) is 29.8 Å². The van der Waals surface area contributed by atoms with Crippen LogP contribution in [0.15, 0.2) is 18.2 Å². The van der Waals surface area contributed by atoms with Gasteiger partial charge in [-0.3, -0.25) is 0 Å². The van der Waals surface area contributed by atoms with Crippen molar-refractivity contribution in [1.82, 2.24) is 0 Å². The molecule has 1 aromatic carbocycles. The molecule has 0 saturated carbocycles. The summed E-state index contributed by atoms with van der Waals surface area (Å²) in [5.74, 6) is 0.170. The Balaban J connectivity index is 0.00000128. The fraction of sp³-hybridized carbons (Fsp3) is 0.538. The molecule has 0 aliphatic carbocycles. The van der Waals surface area contributed by atoms with Crippen LogP contribution in [0, 0.1) is 6.07 Å². The van der Waals surface area contributed by atoms with Gasteiger partial charge in [0, 0.05) is 39.8 Å². The molecule has 0 aromatic heterocycles. The Bertz CT molecular complexity index is 378. The number of hydrogen-bond donors (Lipinski definition) is 1. The summed E-state index contributed by atoms with van der Waals surface area (Å²) in [6.45, 7) is 6.23. The summed E-state index contributed by atoms with van der Waals surface area (Å²) in [4.78, 5) is 2.15. The summed E-state index contributed by atoms with van der Waals surface area (Å²) in [5, 5.41) is 10.3. The fourth-order valence-corrected chi connectivity index (χ4v) is 2.40. The fourth-order valence-electron chi connectivity index (χ4n) is 2.40. The number of rotatable bonds is 0. The van der Waals surface area contributed by atoms with Crippen molar-refractivity contribution < 1.29 is 37.8 Å². The first-order chi connectivity index (χ1) is 6.96. The normalized spacial score (nSPS) is 26.9. The van der Waals surface area contributed by atoms with Gasteiger partial charge in [0.1, 0.15) is 0 Å². The van der Waals surface area contributed by atoms with Crippen LogP contribution in [0.2, 0.25) is 0 Å². The molecule has 2 unspecified atom stereocenters. The standard InChI is InChI=1S/C13H18NO.Y/c1-9-10-7-5-6-8-11(10)14(4)13(2,3)12(9)15;/h6-9,12,15H,1-4H3;/q-1;. The van der Waals surface area contributed by atoms with Crippen molar-refractivity contribution in [2.45, 2.75) is 38.3 Å². The summed E-state index contributed by atoms with van der Waals surface area (Å²) in [5.41, 5.74) is 2.18. The van der Waals surface area contributed by atoms with Gasteiger partial charge in [0.05, 0.1) is 11.6 Å². The van der Waals surface area contributed by atoms with E-state index in [0.29, 0.717) is 0 Å². The van der Waals surface area contributed by atoms with E-state index in [2.05, 4.69) is 37.8 Å². The monoisotopic (exact) mass is 293 g/mol. The van der Waals surface area contributed by atoms with Gasteiger partial charge >= 0.3 is 0 Å². The molecule has 1 heterocycles. The van der Waals surface area contributed by atoms with E-state index in [9.17, 15) is 5.11 Å². The van der Waals surface area contributed by atoms with Crippen molar-refractivity contribution >= 4 is 5.69 Å². The summed E-state index contributed by atoms with van der Waals surface area (Å²) in [6, 6.07) is 9.06. The molecule has 0 spiro atoms. The molecule has 16 heavy (non-hydrogen) atoms. The second-order valence-electron chi connectivity index (χ2n) is 4.93. The molecule has 1 aliphatic rings. The first-order valence-electron chi connectivity index (χ1n) is 5.38. The number of fused-ring (bicyclic) bond motifs is 1. The second-order valence-corrected chi connectivity index (χ2v) is 4.93. The van der Waals surface area contributed by atoms with E-state index in [4.69, 9.17) is 0 Å². The maximum Gasteiger partial charge on any atom is 0.0727 e. The zero-order valence-electron chi connectivity index (χ0n) is 10.4. The van der Waals surface area contributed by atoms with Crippen LogP contribution < -0.4 is 4.90 Å². The SMILES string of the molecule is CC1c2c[c-]ccc2N(C)C(C)(C)C1O.[Y]. The summed E-state index contributed by atoms with van der Waals surface area (Å²) < 4.78 is 0. The van der Waals surface area contributed by atoms with Gasteiger partial charge in [0.25, 0.3) is 0 Å². The van der Waals surface area contributed by atoms with Gasteiger partial charge in [0.15, 0.2) is 0 Å². The molecule has 3 heteroatoms. The van der Waals surface area contributed by atoms with E-state index in [1.165, 1.54) is 11.3 Å². The van der Waals surface area contributed by atoms with Crippen LogP contribution in [0.3, 0.4) is 0 Å². The van der Waals surface area contributed by atoms with Crippen molar-refractivity contribution in [2.75, 3.05) is 11.9 Å². The van der Waals surface area contributed by atoms with Crippen LogP contribution in [-0.2, 0) is 32.7 Å².